The van der Waals surface area contributed by atoms with Gasteiger partial charge in [0.1, 0.15) is 0 Å². The fraction of sp³-hybridized carbons (Fsp3) is 0.833. The Morgan fingerprint density at radius 2 is 2.44 bits per heavy atom. The Bertz CT molecular complexity index is 68.1. The lowest BCUT2D eigenvalue weighted by atomic mass is 10.5. The van der Waals surface area contributed by atoms with Crippen molar-refractivity contribution in [2.75, 3.05) is 18.9 Å². The molecule has 0 saturated heterocycles. The summed E-state index contributed by atoms with van der Waals surface area (Å²) in [6.45, 7) is 6.99. The van der Waals surface area contributed by atoms with Gasteiger partial charge in [0.05, 0.1) is 6.61 Å². The maximum atomic E-state index is 5.03. The van der Waals surface area contributed by atoms with Crippen LogP contribution in [-0.2, 0) is 4.18 Å². The molecule has 0 N–H and O–H groups in total. The summed E-state index contributed by atoms with van der Waals surface area (Å²) < 4.78 is 5.03. The predicted octanol–water partition coefficient (Wildman–Crippen LogP) is 1.76. The molecule has 9 heavy (non-hydrogen) atoms. The summed E-state index contributed by atoms with van der Waals surface area (Å²) in [5.74, 6) is 1.02. The van der Waals surface area contributed by atoms with Gasteiger partial charge in [0.15, 0.2) is 0 Å². The molecule has 0 rings (SSSR count). The van der Waals surface area contributed by atoms with E-state index in [1.165, 1.54) is 12.0 Å². The van der Waals surface area contributed by atoms with Crippen LogP contribution in [0.5, 0.6) is 0 Å². The van der Waals surface area contributed by atoms with Crippen LogP contribution < -0.4 is 0 Å². The lowest BCUT2D eigenvalue weighted by Crippen LogP contribution is -1.85. The highest BCUT2D eigenvalue weighted by Crippen LogP contribution is 2.02. The predicted molar refractivity (Wildman–Crippen MR) is 43.1 cm³/mol. The molecule has 0 fully saturated rings. The van der Waals surface area contributed by atoms with Crippen LogP contribution in [-0.4, -0.2) is 25.6 Å². The van der Waals surface area contributed by atoms with E-state index in [0.717, 1.165) is 25.3 Å². The van der Waals surface area contributed by atoms with Gasteiger partial charge in [-0.1, -0.05) is 0 Å². The molecule has 0 aliphatic rings. The molecular formula is C6H13NOS. The van der Waals surface area contributed by atoms with Gasteiger partial charge in [0.2, 0.25) is 0 Å². The van der Waals surface area contributed by atoms with Crippen molar-refractivity contribution >= 4 is 18.8 Å². The molecule has 0 aliphatic carbocycles. The maximum absolute atomic E-state index is 5.03. The topological polar surface area (TPSA) is 21.6 Å². The van der Waals surface area contributed by atoms with E-state index in [2.05, 4.69) is 11.7 Å². The fourth-order valence-corrected chi connectivity index (χ4v) is 0.909. The van der Waals surface area contributed by atoms with Gasteiger partial charge >= 0.3 is 0 Å². The van der Waals surface area contributed by atoms with Gasteiger partial charge in [0, 0.05) is 12.3 Å². The van der Waals surface area contributed by atoms with Gasteiger partial charge in [-0.15, -0.1) is 0 Å². The average Bonchev–Trinajstić information content (AvgIpc) is 1.89. The van der Waals surface area contributed by atoms with Crippen molar-refractivity contribution in [1.29, 1.82) is 0 Å². The zero-order valence-corrected chi connectivity index (χ0v) is 6.62. The molecule has 0 amide bonds. The summed E-state index contributed by atoms with van der Waals surface area (Å²) in [5.41, 5.74) is 0. The van der Waals surface area contributed by atoms with E-state index in [1.54, 1.807) is 0 Å². The average molecular weight is 147 g/mol. The molecule has 54 valence electrons. The largest absolute Gasteiger partial charge is 0.316 e. The highest BCUT2D eigenvalue weighted by Gasteiger charge is 1.85. The molecule has 0 unspecified atom stereocenters. The SMILES string of the molecule is C=NCCCSOCC. The summed E-state index contributed by atoms with van der Waals surface area (Å²) in [6.07, 6.45) is 1.06. The third-order valence-electron chi connectivity index (χ3n) is 0.745. The maximum Gasteiger partial charge on any atom is 0.0585 e. The van der Waals surface area contributed by atoms with Crippen molar-refractivity contribution in [3.05, 3.63) is 0 Å². The van der Waals surface area contributed by atoms with Crippen LogP contribution >= 0.6 is 12.0 Å². The van der Waals surface area contributed by atoms with E-state index in [1.807, 2.05) is 6.92 Å². The molecule has 0 spiro atoms. The second kappa shape index (κ2) is 7.98. The second-order valence-electron chi connectivity index (χ2n) is 1.53. The highest BCUT2D eigenvalue weighted by molar-refractivity contribution is 7.94. The lowest BCUT2D eigenvalue weighted by molar-refractivity contribution is 0.401. The standard InChI is InChI=1S/C6H13NOS/c1-3-8-9-6-4-5-7-2/h2-6H2,1H3. The summed E-state index contributed by atoms with van der Waals surface area (Å²) in [5, 5.41) is 0. The van der Waals surface area contributed by atoms with E-state index in [9.17, 15) is 0 Å². The van der Waals surface area contributed by atoms with Crippen LogP contribution in [0, 0.1) is 0 Å². The Kier molecular flexibility index (Phi) is 7.96. The van der Waals surface area contributed by atoms with Crippen molar-refractivity contribution < 1.29 is 4.18 Å². The van der Waals surface area contributed by atoms with Crippen LogP contribution in [0.1, 0.15) is 13.3 Å². The number of hydrogen-bond donors (Lipinski definition) is 0. The van der Waals surface area contributed by atoms with Gasteiger partial charge < -0.3 is 9.18 Å². The van der Waals surface area contributed by atoms with Gasteiger partial charge in [-0.2, -0.15) is 0 Å². The normalized spacial score (nSPS) is 9.44. The van der Waals surface area contributed by atoms with Crippen molar-refractivity contribution in [2.24, 2.45) is 4.99 Å². The first-order chi connectivity index (χ1) is 4.41. The Morgan fingerprint density at radius 3 is 3.00 bits per heavy atom. The van der Waals surface area contributed by atoms with Crippen LogP contribution in [0.4, 0.5) is 0 Å². The van der Waals surface area contributed by atoms with Crippen molar-refractivity contribution in [1.82, 2.24) is 0 Å². The minimum atomic E-state index is 0.784. The van der Waals surface area contributed by atoms with Gasteiger partial charge in [-0.25, -0.2) is 0 Å². The molecule has 0 bridgehead atoms. The molecular weight excluding hydrogens is 134 g/mol. The molecule has 2 nitrogen and oxygen atoms in total. The number of hydrogen-bond acceptors (Lipinski definition) is 3. The zero-order chi connectivity index (χ0) is 6.95. The Balaban J connectivity index is 2.66. The summed E-state index contributed by atoms with van der Waals surface area (Å²) in [6, 6.07) is 0. The third-order valence-corrected chi connectivity index (χ3v) is 1.60. The van der Waals surface area contributed by atoms with E-state index >= 15 is 0 Å². The zero-order valence-electron chi connectivity index (χ0n) is 5.80. The quantitative estimate of drug-likeness (QED) is 0.324. The molecule has 0 aliphatic heterocycles. The van der Waals surface area contributed by atoms with E-state index in [4.69, 9.17) is 4.18 Å². The minimum Gasteiger partial charge on any atom is -0.316 e. The summed E-state index contributed by atoms with van der Waals surface area (Å²) in [7, 11) is 0. The first-order valence-electron chi connectivity index (χ1n) is 3.08. The second-order valence-corrected chi connectivity index (χ2v) is 2.41. The summed E-state index contributed by atoms with van der Waals surface area (Å²) >= 11 is 1.51. The molecule has 0 saturated carbocycles. The van der Waals surface area contributed by atoms with Crippen molar-refractivity contribution in [3.8, 4) is 0 Å². The van der Waals surface area contributed by atoms with Crippen LogP contribution in [0.25, 0.3) is 0 Å². The smallest absolute Gasteiger partial charge is 0.0585 e. The van der Waals surface area contributed by atoms with Crippen LogP contribution in [0.15, 0.2) is 4.99 Å². The Hall–Kier alpha value is -0.0200. The number of nitrogens with zero attached hydrogens (tertiary/aromatic N) is 1. The van der Waals surface area contributed by atoms with Gasteiger partial charge in [-0.3, -0.25) is 0 Å². The molecule has 0 heterocycles. The highest BCUT2D eigenvalue weighted by atomic mass is 32.2. The molecule has 3 heteroatoms. The fourth-order valence-electron chi connectivity index (χ4n) is 0.378. The first kappa shape index (κ1) is 8.98. The van der Waals surface area contributed by atoms with E-state index < -0.39 is 0 Å². The van der Waals surface area contributed by atoms with E-state index in [0.29, 0.717) is 0 Å². The van der Waals surface area contributed by atoms with Crippen LogP contribution in [0.2, 0.25) is 0 Å². The van der Waals surface area contributed by atoms with Gasteiger partial charge in [-0.05, 0) is 32.1 Å². The molecule has 0 radical (unpaired) electrons. The van der Waals surface area contributed by atoms with E-state index in [-0.39, 0.29) is 0 Å². The molecule has 0 aromatic heterocycles. The Labute approximate surface area is 60.9 Å². The van der Waals surface area contributed by atoms with Crippen LogP contribution in [0.3, 0.4) is 0 Å². The third kappa shape index (κ3) is 7.98. The molecule has 0 aromatic rings. The first-order valence-corrected chi connectivity index (χ1v) is 3.99. The minimum absolute atomic E-state index is 0.784. The number of aliphatic imine (C=N–C) groups is 1. The van der Waals surface area contributed by atoms with Gasteiger partial charge in [0.25, 0.3) is 0 Å². The summed E-state index contributed by atoms with van der Waals surface area (Å²) in [4.78, 5) is 3.71. The number of rotatable bonds is 6. The molecule has 0 atom stereocenters. The van der Waals surface area contributed by atoms with Crippen molar-refractivity contribution in [3.63, 3.8) is 0 Å². The monoisotopic (exact) mass is 147 g/mol. The lowest BCUT2D eigenvalue weighted by Gasteiger charge is -1.95. The Morgan fingerprint density at radius 1 is 1.67 bits per heavy atom. The molecule has 0 aromatic carbocycles. The van der Waals surface area contributed by atoms with Crippen molar-refractivity contribution in [2.45, 2.75) is 13.3 Å².